The van der Waals surface area contributed by atoms with Gasteiger partial charge in [-0.1, -0.05) is 74.6 Å². The molecule has 0 N–H and O–H groups in total. The van der Waals surface area contributed by atoms with Crippen molar-refractivity contribution >= 4 is 0 Å². The lowest BCUT2D eigenvalue weighted by Gasteiger charge is -2.27. The molecule has 0 aliphatic heterocycles. The van der Waals surface area contributed by atoms with Gasteiger partial charge in [-0.25, -0.2) is 0 Å². The molecule has 0 nitrogen and oxygen atoms in total. The van der Waals surface area contributed by atoms with Crippen molar-refractivity contribution in [2.45, 2.75) is 64.7 Å². The summed E-state index contributed by atoms with van der Waals surface area (Å²) in [5, 5.41) is 0. The van der Waals surface area contributed by atoms with E-state index in [2.05, 4.69) is 86.4 Å². The number of rotatable bonds is 5. The highest BCUT2D eigenvalue weighted by atomic mass is 14.3. The third-order valence-electron chi connectivity index (χ3n) is 5.79. The molecular weight excluding hydrogens is 324 g/mol. The SMILES string of the molecule is CCCc1ccc(C2CCC(C=CC#Cc3ccc(CC)cc3)CC2)cc1. The molecule has 0 bridgehead atoms. The summed E-state index contributed by atoms with van der Waals surface area (Å²) >= 11 is 0. The van der Waals surface area contributed by atoms with Crippen LogP contribution in [-0.4, -0.2) is 0 Å². The minimum absolute atomic E-state index is 0.692. The van der Waals surface area contributed by atoms with Gasteiger partial charge in [0, 0.05) is 5.56 Å². The molecule has 0 atom stereocenters. The van der Waals surface area contributed by atoms with Crippen LogP contribution in [0.25, 0.3) is 0 Å². The number of allylic oxidation sites excluding steroid dienone is 2. The molecule has 0 heterocycles. The van der Waals surface area contributed by atoms with Gasteiger partial charge in [-0.2, -0.15) is 0 Å². The predicted molar refractivity (Wildman–Crippen MR) is 117 cm³/mol. The van der Waals surface area contributed by atoms with Crippen LogP contribution in [0.5, 0.6) is 0 Å². The monoisotopic (exact) mass is 356 g/mol. The number of benzene rings is 2. The fourth-order valence-electron chi connectivity index (χ4n) is 4.02. The first-order chi connectivity index (χ1) is 13.3. The van der Waals surface area contributed by atoms with E-state index >= 15 is 0 Å². The van der Waals surface area contributed by atoms with Crippen molar-refractivity contribution in [2.75, 3.05) is 0 Å². The zero-order chi connectivity index (χ0) is 18.9. The van der Waals surface area contributed by atoms with E-state index in [-0.39, 0.29) is 0 Å². The first-order valence-corrected chi connectivity index (χ1v) is 10.6. The van der Waals surface area contributed by atoms with Gasteiger partial charge in [-0.05, 0) is 85.3 Å². The van der Waals surface area contributed by atoms with Gasteiger partial charge >= 0.3 is 0 Å². The summed E-state index contributed by atoms with van der Waals surface area (Å²) in [4.78, 5) is 0. The quantitative estimate of drug-likeness (QED) is 0.502. The standard InChI is InChI=1S/C27H32/c1-3-7-23-14-18-26(19-15-23)27-20-16-25(17-21-27)9-6-5-8-24-12-10-22(4-2)11-13-24/h6,9-15,18-19,25,27H,3-4,7,16-17,20-21H2,1-2H3. The third-order valence-corrected chi connectivity index (χ3v) is 5.79. The van der Waals surface area contributed by atoms with Crippen LogP contribution in [0.2, 0.25) is 0 Å². The van der Waals surface area contributed by atoms with Gasteiger partial charge < -0.3 is 0 Å². The normalized spacial score (nSPS) is 19.6. The Kier molecular flexibility index (Phi) is 7.35. The second-order valence-electron chi connectivity index (χ2n) is 7.78. The minimum Gasteiger partial charge on any atom is -0.0730 e. The second-order valence-corrected chi connectivity index (χ2v) is 7.78. The van der Waals surface area contributed by atoms with E-state index in [4.69, 9.17) is 0 Å². The van der Waals surface area contributed by atoms with E-state index in [0.29, 0.717) is 5.92 Å². The predicted octanol–water partition coefficient (Wildman–Crippen LogP) is 7.08. The third kappa shape index (κ3) is 5.86. The number of hydrogen-bond donors (Lipinski definition) is 0. The Morgan fingerprint density at radius 2 is 1.52 bits per heavy atom. The lowest BCUT2D eigenvalue weighted by molar-refractivity contribution is 0.376. The zero-order valence-electron chi connectivity index (χ0n) is 16.9. The van der Waals surface area contributed by atoms with Crippen LogP contribution in [0, 0.1) is 17.8 Å². The van der Waals surface area contributed by atoms with Crippen LogP contribution in [-0.2, 0) is 12.8 Å². The van der Waals surface area contributed by atoms with Crippen molar-refractivity contribution in [3.8, 4) is 11.8 Å². The van der Waals surface area contributed by atoms with Crippen LogP contribution in [0.1, 0.15) is 74.1 Å². The van der Waals surface area contributed by atoms with Crippen molar-refractivity contribution < 1.29 is 0 Å². The van der Waals surface area contributed by atoms with E-state index in [9.17, 15) is 0 Å². The fourth-order valence-corrected chi connectivity index (χ4v) is 4.02. The average Bonchev–Trinajstić information content (AvgIpc) is 2.73. The van der Waals surface area contributed by atoms with Crippen molar-refractivity contribution in [3.63, 3.8) is 0 Å². The maximum atomic E-state index is 3.25. The molecule has 2 aromatic carbocycles. The van der Waals surface area contributed by atoms with Gasteiger partial charge in [0.15, 0.2) is 0 Å². The van der Waals surface area contributed by atoms with E-state index in [1.807, 2.05) is 0 Å². The summed E-state index contributed by atoms with van der Waals surface area (Å²) in [6.45, 7) is 4.43. The maximum absolute atomic E-state index is 3.25. The summed E-state index contributed by atoms with van der Waals surface area (Å²) in [5.41, 5.74) is 5.48. The largest absolute Gasteiger partial charge is 0.0730 e. The molecule has 3 rings (SSSR count). The topological polar surface area (TPSA) is 0 Å². The van der Waals surface area contributed by atoms with Crippen LogP contribution >= 0.6 is 0 Å². The Morgan fingerprint density at radius 1 is 0.852 bits per heavy atom. The summed E-state index contributed by atoms with van der Waals surface area (Å²) in [6.07, 6.45) is 13.1. The maximum Gasteiger partial charge on any atom is 0.0249 e. The average molecular weight is 357 g/mol. The van der Waals surface area contributed by atoms with Crippen LogP contribution in [0.15, 0.2) is 60.7 Å². The summed E-state index contributed by atoms with van der Waals surface area (Å²) < 4.78 is 0. The molecule has 0 spiro atoms. The van der Waals surface area contributed by atoms with Crippen molar-refractivity contribution in [1.82, 2.24) is 0 Å². The van der Waals surface area contributed by atoms with Gasteiger partial charge in [-0.15, -0.1) is 0 Å². The molecule has 27 heavy (non-hydrogen) atoms. The van der Waals surface area contributed by atoms with Crippen LogP contribution in [0.4, 0.5) is 0 Å². The highest BCUT2D eigenvalue weighted by Crippen LogP contribution is 2.36. The van der Waals surface area contributed by atoms with Crippen molar-refractivity contribution in [1.29, 1.82) is 0 Å². The lowest BCUT2D eigenvalue weighted by Crippen LogP contribution is -2.11. The summed E-state index contributed by atoms with van der Waals surface area (Å²) in [5.74, 6) is 7.90. The van der Waals surface area contributed by atoms with Crippen LogP contribution < -0.4 is 0 Å². The Balaban J connectivity index is 1.47. The van der Waals surface area contributed by atoms with Crippen LogP contribution in [0.3, 0.4) is 0 Å². The van der Waals surface area contributed by atoms with Gasteiger partial charge in [0.2, 0.25) is 0 Å². The first-order valence-electron chi connectivity index (χ1n) is 10.6. The Labute approximate surface area is 165 Å². The van der Waals surface area contributed by atoms with Gasteiger partial charge in [-0.3, -0.25) is 0 Å². The number of hydrogen-bond acceptors (Lipinski definition) is 0. The Hall–Kier alpha value is -2.26. The molecule has 0 aromatic heterocycles. The van der Waals surface area contributed by atoms with Gasteiger partial charge in [0.1, 0.15) is 0 Å². The first kappa shape index (κ1) is 19.5. The van der Waals surface area contributed by atoms with E-state index in [1.54, 1.807) is 0 Å². The smallest absolute Gasteiger partial charge is 0.0249 e. The molecule has 0 heteroatoms. The highest BCUT2D eigenvalue weighted by molar-refractivity contribution is 5.38. The Morgan fingerprint density at radius 3 is 2.15 bits per heavy atom. The fraction of sp³-hybridized carbons (Fsp3) is 0.407. The molecule has 0 amide bonds. The second kappa shape index (κ2) is 10.2. The Bertz CT molecular complexity index is 773. The molecular formula is C27H32. The molecule has 1 aliphatic rings. The highest BCUT2D eigenvalue weighted by Gasteiger charge is 2.20. The van der Waals surface area contributed by atoms with Gasteiger partial charge in [0.25, 0.3) is 0 Å². The van der Waals surface area contributed by atoms with Crippen molar-refractivity contribution in [3.05, 3.63) is 82.9 Å². The van der Waals surface area contributed by atoms with E-state index < -0.39 is 0 Å². The molecule has 1 fully saturated rings. The van der Waals surface area contributed by atoms with E-state index in [1.165, 1.54) is 55.2 Å². The molecule has 1 saturated carbocycles. The lowest BCUT2D eigenvalue weighted by atomic mass is 9.78. The number of aryl methyl sites for hydroxylation is 2. The summed E-state index contributed by atoms with van der Waals surface area (Å²) in [7, 11) is 0. The zero-order valence-corrected chi connectivity index (χ0v) is 16.9. The molecule has 2 aromatic rings. The van der Waals surface area contributed by atoms with Gasteiger partial charge in [0.05, 0.1) is 0 Å². The summed E-state index contributed by atoms with van der Waals surface area (Å²) in [6, 6.07) is 18.0. The van der Waals surface area contributed by atoms with E-state index in [0.717, 1.165) is 17.9 Å². The molecule has 0 unspecified atom stereocenters. The molecule has 1 aliphatic carbocycles. The molecule has 0 saturated heterocycles. The molecule has 0 radical (unpaired) electrons. The molecule has 140 valence electrons. The minimum atomic E-state index is 0.692. The van der Waals surface area contributed by atoms with Crippen molar-refractivity contribution in [2.24, 2.45) is 5.92 Å².